The molecule has 1 heterocycles. The molecule has 138 valence electrons. The van der Waals surface area contributed by atoms with Gasteiger partial charge in [0.15, 0.2) is 0 Å². The minimum absolute atomic E-state index is 0.0279. The van der Waals surface area contributed by atoms with Crippen LogP contribution in [-0.4, -0.2) is 26.6 Å². The first-order chi connectivity index (χ1) is 12.5. The van der Waals surface area contributed by atoms with E-state index in [-0.39, 0.29) is 6.04 Å². The molecule has 0 saturated heterocycles. The van der Waals surface area contributed by atoms with Crippen molar-refractivity contribution in [2.45, 2.75) is 50.6 Å². The summed E-state index contributed by atoms with van der Waals surface area (Å²) >= 11 is 0. The van der Waals surface area contributed by atoms with Crippen LogP contribution in [0.5, 0.6) is 0 Å². The summed E-state index contributed by atoms with van der Waals surface area (Å²) in [5.41, 5.74) is 0.833. The quantitative estimate of drug-likeness (QED) is 0.772. The molecule has 2 aromatic rings. The molecule has 26 heavy (non-hydrogen) atoms. The minimum Gasteiger partial charge on any atom is -0.331 e. The average Bonchev–Trinajstić information content (AvgIpc) is 3.52. The molecule has 0 spiro atoms. The summed E-state index contributed by atoms with van der Waals surface area (Å²) in [5, 5.41) is 3.50. The Kier molecular flexibility index (Phi) is 4.25. The molecular formula is C19H20F3N3O. The van der Waals surface area contributed by atoms with Crippen LogP contribution in [0.1, 0.15) is 65.2 Å². The number of amides is 1. The van der Waals surface area contributed by atoms with Crippen LogP contribution < -0.4 is 0 Å². The Bertz CT molecular complexity index is 841. The first-order valence-corrected chi connectivity index (χ1v) is 8.86. The monoisotopic (exact) mass is 363 g/mol. The second-order valence-corrected chi connectivity index (χ2v) is 7.11. The third kappa shape index (κ3) is 3.10. The highest BCUT2D eigenvalue weighted by Gasteiger charge is 2.39. The maximum Gasteiger partial charge on any atom is 0.283 e. The minimum atomic E-state index is -3.00. The van der Waals surface area contributed by atoms with Crippen LogP contribution in [0.3, 0.4) is 0 Å². The summed E-state index contributed by atoms with van der Waals surface area (Å²) < 4.78 is 41.6. The fourth-order valence-corrected chi connectivity index (χ4v) is 3.42. The Hall–Kier alpha value is -2.31. The maximum atomic E-state index is 14.4. The van der Waals surface area contributed by atoms with Gasteiger partial charge in [-0.05, 0) is 42.7 Å². The Morgan fingerprint density at radius 2 is 1.96 bits per heavy atom. The molecule has 1 amide bonds. The number of halogens is 3. The number of nitrogens with zero attached hydrogens (tertiary/aromatic N) is 3. The fourth-order valence-electron chi connectivity index (χ4n) is 3.42. The lowest BCUT2D eigenvalue weighted by Gasteiger charge is -2.24. The van der Waals surface area contributed by atoms with Crippen molar-refractivity contribution in [2.24, 2.45) is 7.05 Å². The molecule has 0 N–H and O–H groups in total. The third-order valence-corrected chi connectivity index (χ3v) is 5.09. The number of aromatic nitrogens is 2. The van der Waals surface area contributed by atoms with Crippen molar-refractivity contribution in [1.82, 2.24) is 14.7 Å². The van der Waals surface area contributed by atoms with Gasteiger partial charge in [0, 0.05) is 19.6 Å². The molecule has 2 fully saturated rings. The van der Waals surface area contributed by atoms with Gasteiger partial charge < -0.3 is 4.90 Å². The summed E-state index contributed by atoms with van der Waals surface area (Å²) in [6.45, 7) is 0.313. The van der Waals surface area contributed by atoms with E-state index in [0.29, 0.717) is 17.1 Å². The van der Waals surface area contributed by atoms with Crippen molar-refractivity contribution in [3.05, 3.63) is 52.6 Å². The first kappa shape index (κ1) is 17.1. The van der Waals surface area contributed by atoms with Crippen molar-refractivity contribution in [3.8, 4) is 0 Å². The predicted octanol–water partition coefficient (Wildman–Crippen LogP) is 4.18. The third-order valence-electron chi connectivity index (χ3n) is 5.09. The van der Waals surface area contributed by atoms with E-state index in [1.165, 1.54) is 17.5 Å². The van der Waals surface area contributed by atoms with E-state index >= 15 is 0 Å². The van der Waals surface area contributed by atoms with Crippen molar-refractivity contribution in [2.75, 3.05) is 0 Å². The molecule has 0 bridgehead atoms. The molecule has 4 nitrogen and oxygen atoms in total. The van der Waals surface area contributed by atoms with Gasteiger partial charge in [-0.2, -0.15) is 9.49 Å². The van der Waals surface area contributed by atoms with Gasteiger partial charge in [0.25, 0.3) is 12.3 Å². The van der Waals surface area contributed by atoms with Gasteiger partial charge in [0.2, 0.25) is 5.95 Å². The van der Waals surface area contributed by atoms with Gasteiger partial charge >= 0.3 is 0 Å². The molecule has 0 atom stereocenters. The van der Waals surface area contributed by atoms with Crippen molar-refractivity contribution >= 4 is 5.91 Å². The van der Waals surface area contributed by atoms with Gasteiger partial charge in [-0.3, -0.25) is 4.79 Å². The summed E-state index contributed by atoms with van der Waals surface area (Å²) in [6, 6.07) is 7.86. The SMILES string of the molecule is Cn1nc(C(F)F)c(C(=O)N(Cc2ccccc2C2CC2)C2CC2)c1F. The zero-order valence-corrected chi connectivity index (χ0v) is 14.5. The largest absolute Gasteiger partial charge is 0.331 e. The highest BCUT2D eigenvalue weighted by molar-refractivity contribution is 5.96. The van der Waals surface area contributed by atoms with E-state index in [2.05, 4.69) is 11.2 Å². The maximum absolute atomic E-state index is 14.4. The van der Waals surface area contributed by atoms with Crippen molar-refractivity contribution < 1.29 is 18.0 Å². The number of carbonyl (C=O) groups is 1. The highest BCUT2D eigenvalue weighted by Crippen LogP contribution is 2.42. The Morgan fingerprint density at radius 1 is 1.27 bits per heavy atom. The Labute approximate surface area is 149 Å². The average molecular weight is 363 g/mol. The zero-order chi connectivity index (χ0) is 18.4. The van der Waals surface area contributed by atoms with Crippen LogP contribution in [0.25, 0.3) is 0 Å². The molecule has 0 aliphatic heterocycles. The van der Waals surface area contributed by atoms with Crippen LogP contribution in [0, 0.1) is 5.95 Å². The highest BCUT2D eigenvalue weighted by atomic mass is 19.3. The number of benzene rings is 1. The van der Waals surface area contributed by atoms with E-state index < -0.39 is 29.5 Å². The number of carbonyl (C=O) groups excluding carboxylic acids is 1. The van der Waals surface area contributed by atoms with Gasteiger partial charge in [-0.25, -0.2) is 13.5 Å². The number of rotatable bonds is 6. The Morgan fingerprint density at radius 3 is 2.58 bits per heavy atom. The molecule has 0 radical (unpaired) electrons. The summed E-state index contributed by atoms with van der Waals surface area (Å²) in [4.78, 5) is 14.5. The lowest BCUT2D eigenvalue weighted by molar-refractivity contribution is 0.0711. The zero-order valence-electron chi connectivity index (χ0n) is 14.5. The summed E-state index contributed by atoms with van der Waals surface area (Å²) in [6.07, 6.45) is 0.874. The molecule has 2 saturated carbocycles. The molecule has 7 heteroatoms. The molecule has 0 unspecified atom stereocenters. The van der Waals surface area contributed by atoms with E-state index in [9.17, 15) is 18.0 Å². The van der Waals surface area contributed by atoms with Crippen LogP contribution in [0.4, 0.5) is 13.2 Å². The van der Waals surface area contributed by atoms with Gasteiger partial charge in [0.05, 0.1) is 0 Å². The molecule has 1 aromatic carbocycles. The summed E-state index contributed by atoms with van der Waals surface area (Å²) in [7, 11) is 1.22. The summed E-state index contributed by atoms with van der Waals surface area (Å²) in [5.74, 6) is -1.19. The van der Waals surface area contributed by atoms with E-state index in [1.54, 1.807) is 0 Å². The first-order valence-electron chi connectivity index (χ1n) is 8.86. The van der Waals surface area contributed by atoms with Crippen LogP contribution in [0.2, 0.25) is 0 Å². The topological polar surface area (TPSA) is 38.1 Å². The van der Waals surface area contributed by atoms with Crippen molar-refractivity contribution in [3.63, 3.8) is 0 Å². The number of hydrogen-bond donors (Lipinski definition) is 0. The fraction of sp³-hybridized carbons (Fsp3) is 0.474. The van der Waals surface area contributed by atoms with E-state index in [4.69, 9.17) is 0 Å². The van der Waals surface area contributed by atoms with Crippen LogP contribution in [0.15, 0.2) is 24.3 Å². The smallest absolute Gasteiger partial charge is 0.283 e. The van der Waals surface area contributed by atoms with Gasteiger partial charge in [0.1, 0.15) is 11.3 Å². The second-order valence-electron chi connectivity index (χ2n) is 7.11. The molecule has 2 aliphatic rings. The van der Waals surface area contributed by atoms with E-state index in [0.717, 1.165) is 31.2 Å². The number of alkyl halides is 2. The van der Waals surface area contributed by atoms with Crippen molar-refractivity contribution in [1.29, 1.82) is 0 Å². The molecular weight excluding hydrogens is 343 g/mol. The number of aryl methyl sites for hydroxylation is 1. The number of hydrogen-bond acceptors (Lipinski definition) is 2. The lowest BCUT2D eigenvalue weighted by Crippen LogP contribution is -2.34. The Balaban J connectivity index is 1.67. The standard InChI is InChI=1S/C19H20F3N3O/c1-24-18(22)15(16(23-24)17(20)21)19(26)25(13-8-9-13)10-12-4-2-3-5-14(12)11-6-7-11/h2-5,11,13,17H,6-10H2,1H3. The molecule has 4 rings (SSSR count). The molecule has 1 aromatic heterocycles. The van der Waals surface area contributed by atoms with Crippen LogP contribution in [-0.2, 0) is 13.6 Å². The molecule has 2 aliphatic carbocycles. The second kappa shape index (κ2) is 6.45. The van der Waals surface area contributed by atoms with Crippen LogP contribution >= 0.6 is 0 Å². The normalized spacial score (nSPS) is 17.0. The van der Waals surface area contributed by atoms with Gasteiger partial charge in [-0.1, -0.05) is 24.3 Å². The lowest BCUT2D eigenvalue weighted by atomic mass is 10.0. The predicted molar refractivity (Wildman–Crippen MR) is 89.4 cm³/mol. The van der Waals surface area contributed by atoms with Gasteiger partial charge in [-0.15, -0.1) is 0 Å². The van der Waals surface area contributed by atoms with E-state index in [1.807, 2.05) is 18.2 Å².